The molecule has 0 spiro atoms. The summed E-state index contributed by atoms with van der Waals surface area (Å²) in [6.45, 7) is 5.19. The molecule has 1 fully saturated rings. The molecule has 1 aliphatic carbocycles. The summed E-state index contributed by atoms with van der Waals surface area (Å²) >= 11 is 0. The molecule has 1 amide bonds. The number of methoxy groups -OCH3 is 1. The molecule has 0 atom stereocenters. The molecule has 0 saturated heterocycles. The zero-order valence-corrected chi connectivity index (χ0v) is 12.3. The van der Waals surface area contributed by atoms with Gasteiger partial charge in [-0.1, -0.05) is 13.8 Å². The SMILES string of the molecule is COC(=O)CCN(CC(C)C)C(=O)CC1(N)CCC1. The van der Waals surface area contributed by atoms with Crippen molar-refractivity contribution in [1.82, 2.24) is 4.90 Å². The minimum Gasteiger partial charge on any atom is -0.469 e. The fourth-order valence-electron chi connectivity index (χ4n) is 2.31. The van der Waals surface area contributed by atoms with Gasteiger partial charge in [-0.2, -0.15) is 0 Å². The van der Waals surface area contributed by atoms with E-state index in [1.807, 2.05) is 0 Å². The number of carbonyl (C=O) groups excluding carboxylic acids is 2. The van der Waals surface area contributed by atoms with Gasteiger partial charge in [-0.15, -0.1) is 0 Å². The van der Waals surface area contributed by atoms with Crippen LogP contribution in [-0.2, 0) is 14.3 Å². The van der Waals surface area contributed by atoms with E-state index in [2.05, 4.69) is 18.6 Å². The molecule has 0 radical (unpaired) electrons. The fourth-order valence-corrected chi connectivity index (χ4v) is 2.31. The van der Waals surface area contributed by atoms with E-state index < -0.39 is 0 Å². The molecule has 0 bridgehead atoms. The number of nitrogens with zero attached hydrogens (tertiary/aromatic N) is 1. The van der Waals surface area contributed by atoms with Crippen molar-refractivity contribution in [3.63, 3.8) is 0 Å². The van der Waals surface area contributed by atoms with Gasteiger partial charge >= 0.3 is 5.97 Å². The van der Waals surface area contributed by atoms with E-state index in [4.69, 9.17) is 5.73 Å². The van der Waals surface area contributed by atoms with Crippen LogP contribution < -0.4 is 5.73 Å². The summed E-state index contributed by atoms with van der Waals surface area (Å²) in [4.78, 5) is 25.2. The Morgan fingerprint density at radius 2 is 2.00 bits per heavy atom. The van der Waals surface area contributed by atoms with Crippen molar-refractivity contribution in [2.75, 3.05) is 20.2 Å². The Labute approximate surface area is 115 Å². The third-order valence-corrected chi connectivity index (χ3v) is 3.60. The quantitative estimate of drug-likeness (QED) is 0.708. The molecular weight excluding hydrogens is 244 g/mol. The molecule has 1 saturated carbocycles. The molecule has 5 nitrogen and oxygen atoms in total. The van der Waals surface area contributed by atoms with Gasteiger partial charge in [-0.25, -0.2) is 0 Å². The molecule has 0 aromatic heterocycles. The molecule has 0 unspecified atom stereocenters. The van der Waals surface area contributed by atoms with Gasteiger partial charge in [0.05, 0.1) is 13.5 Å². The summed E-state index contributed by atoms with van der Waals surface area (Å²) < 4.78 is 4.62. The maximum atomic E-state index is 12.3. The first-order chi connectivity index (χ1) is 8.86. The minimum atomic E-state index is -0.308. The van der Waals surface area contributed by atoms with Gasteiger partial charge in [0.15, 0.2) is 0 Å². The number of ether oxygens (including phenoxy) is 1. The van der Waals surface area contributed by atoms with E-state index in [0.29, 0.717) is 25.4 Å². The molecular formula is C14H26N2O3. The summed E-state index contributed by atoms with van der Waals surface area (Å²) in [5.74, 6) is 0.143. The van der Waals surface area contributed by atoms with Crippen LogP contribution in [0.1, 0.15) is 46.0 Å². The molecule has 0 heterocycles. The summed E-state index contributed by atoms with van der Waals surface area (Å²) in [5.41, 5.74) is 5.81. The highest BCUT2D eigenvalue weighted by Crippen LogP contribution is 2.32. The van der Waals surface area contributed by atoms with Gasteiger partial charge in [-0.3, -0.25) is 9.59 Å². The van der Waals surface area contributed by atoms with Gasteiger partial charge in [0.25, 0.3) is 0 Å². The minimum absolute atomic E-state index is 0.0554. The van der Waals surface area contributed by atoms with Crippen LogP contribution in [0.2, 0.25) is 0 Å². The first kappa shape index (κ1) is 16.0. The first-order valence-electron chi connectivity index (χ1n) is 7.00. The molecule has 0 aliphatic heterocycles. The lowest BCUT2D eigenvalue weighted by atomic mass is 9.75. The number of carbonyl (C=O) groups is 2. The van der Waals surface area contributed by atoms with E-state index >= 15 is 0 Å². The number of esters is 1. The van der Waals surface area contributed by atoms with Gasteiger partial charge in [0.1, 0.15) is 0 Å². The van der Waals surface area contributed by atoms with Crippen LogP contribution in [0.25, 0.3) is 0 Å². The lowest BCUT2D eigenvalue weighted by Crippen LogP contribution is -2.51. The van der Waals surface area contributed by atoms with Crippen molar-refractivity contribution in [3.8, 4) is 0 Å². The predicted octanol–water partition coefficient (Wildman–Crippen LogP) is 1.31. The number of rotatable bonds is 7. The van der Waals surface area contributed by atoms with Gasteiger partial charge in [0, 0.05) is 25.0 Å². The third kappa shape index (κ3) is 5.19. The second-order valence-corrected chi connectivity index (χ2v) is 5.95. The standard InChI is InChI=1S/C14H26N2O3/c1-11(2)10-16(8-5-13(18)19-3)12(17)9-14(15)6-4-7-14/h11H,4-10,15H2,1-3H3. The van der Waals surface area contributed by atoms with Crippen LogP contribution in [0.4, 0.5) is 0 Å². The topological polar surface area (TPSA) is 72.6 Å². The Morgan fingerprint density at radius 3 is 2.42 bits per heavy atom. The monoisotopic (exact) mass is 270 g/mol. The average Bonchev–Trinajstić information content (AvgIpc) is 2.31. The Hall–Kier alpha value is -1.10. The van der Waals surface area contributed by atoms with Crippen molar-refractivity contribution in [3.05, 3.63) is 0 Å². The Kier molecular flexibility index (Phi) is 5.79. The van der Waals surface area contributed by atoms with Crippen LogP contribution >= 0.6 is 0 Å². The number of hydrogen-bond acceptors (Lipinski definition) is 4. The van der Waals surface area contributed by atoms with Crippen molar-refractivity contribution >= 4 is 11.9 Å². The molecule has 0 aromatic rings. The Balaban J connectivity index is 2.51. The van der Waals surface area contributed by atoms with E-state index in [9.17, 15) is 9.59 Å². The fraction of sp³-hybridized carbons (Fsp3) is 0.857. The number of hydrogen-bond donors (Lipinski definition) is 1. The lowest BCUT2D eigenvalue weighted by molar-refractivity contribution is -0.142. The first-order valence-corrected chi connectivity index (χ1v) is 7.00. The van der Waals surface area contributed by atoms with Crippen molar-refractivity contribution in [2.24, 2.45) is 11.7 Å². The van der Waals surface area contributed by atoms with Crippen LogP contribution in [0.3, 0.4) is 0 Å². The van der Waals surface area contributed by atoms with Gasteiger partial charge in [-0.05, 0) is 25.2 Å². The van der Waals surface area contributed by atoms with E-state index in [1.165, 1.54) is 7.11 Å². The number of nitrogens with two attached hydrogens (primary N) is 1. The van der Waals surface area contributed by atoms with Crippen LogP contribution in [0.5, 0.6) is 0 Å². The smallest absolute Gasteiger partial charge is 0.307 e. The third-order valence-electron chi connectivity index (χ3n) is 3.60. The average molecular weight is 270 g/mol. The highest BCUT2D eigenvalue weighted by atomic mass is 16.5. The second kappa shape index (κ2) is 6.89. The maximum absolute atomic E-state index is 12.3. The van der Waals surface area contributed by atoms with Crippen LogP contribution in [0.15, 0.2) is 0 Å². The maximum Gasteiger partial charge on any atom is 0.307 e. The van der Waals surface area contributed by atoms with Crippen molar-refractivity contribution in [1.29, 1.82) is 0 Å². The van der Waals surface area contributed by atoms with E-state index in [-0.39, 0.29) is 23.8 Å². The molecule has 0 aromatic carbocycles. The summed E-state index contributed by atoms with van der Waals surface area (Å²) in [5, 5.41) is 0. The molecule has 2 N–H and O–H groups in total. The molecule has 19 heavy (non-hydrogen) atoms. The van der Waals surface area contributed by atoms with Crippen molar-refractivity contribution < 1.29 is 14.3 Å². The zero-order valence-electron chi connectivity index (χ0n) is 12.3. The Bertz CT molecular complexity index is 325. The predicted molar refractivity (Wildman–Crippen MR) is 73.4 cm³/mol. The van der Waals surface area contributed by atoms with Gasteiger partial charge < -0.3 is 15.4 Å². The molecule has 110 valence electrons. The normalized spacial score (nSPS) is 16.9. The second-order valence-electron chi connectivity index (χ2n) is 5.95. The summed E-state index contributed by atoms with van der Waals surface area (Å²) in [6, 6.07) is 0. The highest BCUT2D eigenvalue weighted by Gasteiger charge is 2.36. The lowest BCUT2D eigenvalue weighted by Gasteiger charge is -2.39. The molecule has 1 aliphatic rings. The zero-order chi connectivity index (χ0) is 14.5. The largest absolute Gasteiger partial charge is 0.469 e. The van der Waals surface area contributed by atoms with Crippen molar-refractivity contribution in [2.45, 2.75) is 51.5 Å². The summed E-state index contributed by atoms with van der Waals surface area (Å²) in [7, 11) is 1.36. The Morgan fingerprint density at radius 1 is 1.37 bits per heavy atom. The molecule has 1 rings (SSSR count). The number of amides is 1. The van der Waals surface area contributed by atoms with E-state index in [0.717, 1.165) is 19.3 Å². The van der Waals surface area contributed by atoms with E-state index in [1.54, 1.807) is 4.90 Å². The van der Waals surface area contributed by atoms with Crippen LogP contribution in [0, 0.1) is 5.92 Å². The highest BCUT2D eigenvalue weighted by molar-refractivity contribution is 5.78. The molecule has 5 heteroatoms. The van der Waals surface area contributed by atoms with Gasteiger partial charge in [0.2, 0.25) is 5.91 Å². The van der Waals surface area contributed by atoms with Crippen LogP contribution in [-0.4, -0.2) is 42.5 Å². The summed E-state index contributed by atoms with van der Waals surface area (Å²) in [6.07, 6.45) is 3.58.